The van der Waals surface area contributed by atoms with Gasteiger partial charge in [-0.3, -0.25) is 9.69 Å². The van der Waals surface area contributed by atoms with Crippen LogP contribution in [-0.4, -0.2) is 41.9 Å². The second-order valence-corrected chi connectivity index (χ2v) is 6.72. The third-order valence-corrected chi connectivity index (χ3v) is 5.09. The van der Waals surface area contributed by atoms with Crippen LogP contribution in [0, 0.1) is 5.92 Å². The summed E-state index contributed by atoms with van der Waals surface area (Å²) in [5.41, 5.74) is 0. The predicted octanol–water partition coefficient (Wildman–Crippen LogP) is 2.58. The number of amides is 1. The minimum Gasteiger partial charge on any atom is -0.342 e. The van der Waals surface area contributed by atoms with Crippen LogP contribution < -0.4 is 0 Å². The summed E-state index contributed by atoms with van der Waals surface area (Å²) in [6.07, 6.45) is 4.63. The van der Waals surface area contributed by atoms with Gasteiger partial charge in [-0.15, -0.1) is 11.3 Å². The number of rotatable bonds is 3. The maximum Gasteiger partial charge on any atom is 0.226 e. The summed E-state index contributed by atoms with van der Waals surface area (Å²) >= 11 is 1.81. The highest BCUT2D eigenvalue weighted by Crippen LogP contribution is 2.23. The molecule has 0 spiro atoms. The molecule has 0 radical (unpaired) electrons. The van der Waals surface area contributed by atoms with Crippen molar-refractivity contribution in [3.8, 4) is 0 Å². The first kappa shape index (κ1) is 13.1. The fourth-order valence-corrected chi connectivity index (χ4v) is 3.97. The molecule has 3 nitrogen and oxygen atoms in total. The van der Waals surface area contributed by atoms with Crippen LogP contribution in [0.15, 0.2) is 17.5 Å². The third-order valence-electron chi connectivity index (χ3n) is 4.23. The summed E-state index contributed by atoms with van der Waals surface area (Å²) in [4.78, 5) is 18.4. The average molecular weight is 278 g/mol. The van der Waals surface area contributed by atoms with Crippen LogP contribution in [-0.2, 0) is 11.3 Å². The lowest BCUT2D eigenvalue weighted by Gasteiger charge is -2.33. The number of hydrogen-bond acceptors (Lipinski definition) is 3. The summed E-state index contributed by atoms with van der Waals surface area (Å²) in [6, 6.07) is 4.30. The van der Waals surface area contributed by atoms with Crippen LogP contribution in [0.2, 0.25) is 0 Å². The Labute approximate surface area is 119 Å². The maximum absolute atomic E-state index is 12.5. The monoisotopic (exact) mass is 278 g/mol. The van der Waals surface area contributed by atoms with Crippen LogP contribution in [0.4, 0.5) is 0 Å². The Morgan fingerprint density at radius 2 is 2.11 bits per heavy atom. The third kappa shape index (κ3) is 3.18. The van der Waals surface area contributed by atoms with Gasteiger partial charge in [0, 0.05) is 31.1 Å². The maximum atomic E-state index is 12.5. The zero-order valence-electron chi connectivity index (χ0n) is 11.4. The molecule has 2 saturated heterocycles. The second kappa shape index (κ2) is 6.06. The summed E-state index contributed by atoms with van der Waals surface area (Å²) in [5.74, 6) is 0.653. The van der Waals surface area contributed by atoms with Crippen molar-refractivity contribution in [2.24, 2.45) is 5.92 Å². The molecule has 3 heterocycles. The normalized spacial score (nSPS) is 24.8. The van der Waals surface area contributed by atoms with Gasteiger partial charge in [-0.2, -0.15) is 0 Å². The molecular weight excluding hydrogens is 256 g/mol. The topological polar surface area (TPSA) is 23.6 Å². The molecule has 1 aromatic heterocycles. The quantitative estimate of drug-likeness (QED) is 0.848. The molecule has 1 aromatic rings. The van der Waals surface area contributed by atoms with Crippen molar-refractivity contribution in [3.05, 3.63) is 22.4 Å². The minimum atomic E-state index is 0.242. The van der Waals surface area contributed by atoms with Crippen molar-refractivity contribution in [1.29, 1.82) is 0 Å². The van der Waals surface area contributed by atoms with Crippen molar-refractivity contribution in [2.45, 2.75) is 32.2 Å². The Hall–Kier alpha value is -0.870. The highest BCUT2D eigenvalue weighted by molar-refractivity contribution is 7.09. The smallest absolute Gasteiger partial charge is 0.226 e. The number of hydrogen-bond donors (Lipinski definition) is 0. The van der Waals surface area contributed by atoms with E-state index < -0.39 is 0 Å². The molecule has 2 fully saturated rings. The first-order valence-electron chi connectivity index (χ1n) is 7.36. The Kier molecular flexibility index (Phi) is 4.18. The van der Waals surface area contributed by atoms with Gasteiger partial charge >= 0.3 is 0 Å². The van der Waals surface area contributed by atoms with E-state index >= 15 is 0 Å². The SMILES string of the molecule is O=C([C@H]1CCCN(Cc2cccs2)C1)N1CCCC1. The summed E-state index contributed by atoms with van der Waals surface area (Å²) in [6.45, 7) is 5.08. The molecule has 1 amide bonds. The molecule has 0 N–H and O–H groups in total. The second-order valence-electron chi connectivity index (χ2n) is 5.69. The van der Waals surface area contributed by atoms with E-state index in [9.17, 15) is 4.79 Å². The van der Waals surface area contributed by atoms with Crippen molar-refractivity contribution in [2.75, 3.05) is 26.2 Å². The predicted molar refractivity (Wildman–Crippen MR) is 78.1 cm³/mol. The summed E-state index contributed by atoms with van der Waals surface area (Å²) < 4.78 is 0. The summed E-state index contributed by atoms with van der Waals surface area (Å²) in [5, 5.41) is 2.13. The first-order valence-corrected chi connectivity index (χ1v) is 8.24. The largest absolute Gasteiger partial charge is 0.342 e. The number of likely N-dealkylation sites (tertiary alicyclic amines) is 2. The van der Waals surface area contributed by atoms with Gasteiger partial charge < -0.3 is 4.90 Å². The van der Waals surface area contributed by atoms with Crippen molar-refractivity contribution < 1.29 is 4.79 Å². The molecule has 19 heavy (non-hydrogen) atoms. The van der Waals surface area contributed by atoms with E-state index in [-0.39, 0.29) is 5.92 Å². The fraction of sp³-hybridized carbons (Fsp3) is 0.667. The average Bonchev–Trinajstić information content (AvgIpc) is 3.11. The van der Waals surface area contributed by atoms with Crippen LogP contribution in [0.1, 0.15) is 30.6 Å². The van der Waals surface area contributed by atoms with E-state index in [1.807, 2.05) is 11.3 Å². The molecule has 0 bridgehead atoms. The fourth-order valence-electron chi connectivity index (χ4n) is 3.22. The van der Waals surface area contributed by atoms with E-state index in [0.717, 1.165) is 45.6 Å². The zero-order valence-corrected chi connectivity index (χ0v) is 12.2. The van der Waals surface area contributed by atoms with Crippen molar-refractivity contribution in [1.82, 2.24) is 9.80 Å². The Bertz CT molecular complexity index is 412. The van der Waals surface area contributed by atoms with Gasteiger partial charge in [-0.25, -0.2) is 0 Å². The number of carbonyl (C=O) groups is 1. The van der Waals surface area contributed by atoms with Crippen molar-refractivity contribution >= 4 is 17.2 Å². The standard InChI is InChI=1S/C15H22N2OS/c18-15(17-8-1-2-9-17)13-5-3-7-16(11-13)12-14-6-4-10-19-14/h4,6,10,13H,1-3,5,7-9,11-12H2/t13-/m0/s1. The first-order chi connectivity index (χ1) is 9.33. The van der Waals surface area contributed by atoms with Crippen molar-refractivity contribution in [3.63, 3.8) is 0 Å². The van der Waals surface area contributed by atoms with E-state index in [2.05, 4.69) is 27.3 Å². The lowest BCUT2D eigenvalue weighted by atomic mass is 9.96. The lowest BCUT2D eigenvalue weighted by molar-refractivity contribution is -0.136. The van der Waals surface area contributed by atoms with E-state index in [4.69, 9.17) is 0 Å². The molecule has 2 aliphatic rings. The highest BCUT2D eigenvalue weighted by Gasteiger charge is 2.30. The van der Waals surface area contributed by atoms with Gasteiger partial charge in [-0.1, -0.05) is 6.07 Å². The number of nitrogens with zero attached hydrogens (tertiary/aromatic N) is 2. The molecule has 4 heteroatoms. The van der Waals surface area contributed by atoms with E-state index in [0.29, 0.717) is 5.91 Å². The lowest BCUT2D eigenvalue weighted by Crippen LogP contribution is -2.43. The summed E-state index contributed by atoms with van der Waals surface area (Å²) in [7, 11) is 0. The van der Waals surface area contributed by atoms with Gasteiger partial charge in [0.05, 0.1) is 5.92 Å². The molecule has 0 unspecified atom stereocenters. The molecular formula is C15H22N2OS. The number of piperidine rings is 1. The molecule has 0 aromatic carbocycles. The zero-order chi connectivity index (χ0) is 13.1. The van der Waals surface area contributed by atoms with Gasteiger partial charge in [0.25, 0.3) is 0 Å². The van der Waals surface area contributed by atoms with Gasteiger partial charge in [0.15, 0.2) is 0 Å². The van der Waals surface area contributed by atoms with E-state index in [1.165, 1.54) is 17.7 Å². The number of carbonyl (C=O) groups excluding carboxylic acids is 1. The minimum absolute atomic E-state index is 0.242. The molecule has 1 atom stereocenters. The molecule has 0 saturated carbocycles. The Balaban J connectivity index is 1.56. The highest BCUT2D eigenvalue weighted by atomic mass is 32.1. The van der Waals surface area contributed by atoms with Crippen LogP contribution in [0.5, 0.6) is 0 Å². The molecule has 0 aliphatic carbocycles. The Morgan fingerprint density at radius 3 is 2.84 bits per heavy atom. The van der Waals surface area contributed by atoms with Crippen LogP contribution in [0.25, 0.3) is 0 Å². The van der Waals surface area contributed by atoms with Crippen LogP contribution >= 0.6 is 11.3 Å². The van der Waals surface area contributed by atoms with E-state index in [1.54, 1.807) is 0 Å². The molecule has 3 rings (SSSR count). The molecule has 104 valence electrons. The van der Waals surface area contributed by atoms with Gasteiger partial charge in [-0.05, 0) is 43.7 Å². The van der Waals surface area contributed by atoms with Gasteiger partial charge in [0.1, 0.15) is 0 Å². The van der Waals surface area contributed by atoms with Gasteiger partial charge in [0.2, 0.25) is 5.91 Å². The molecule has 2 aliphatic heterocycles. The number of thiophene rings is 1. The Morgan fingerprint density at radius 1 is 1.26 bits per heavy atom. The van der Waals surface area contributed by atoms with Crippen LogP contribution in [0.3, 0.4) is 0 Å².